The number of anilines is 1. The van der Waals surface area contributed by atoms with Crippen molar-refractivity contribution >= 4 is 21.7 Å². The number of benzene rings is 2. The van der Waals surface area contributed by atoms with Crippen molar-refractivity contribution < 1.29 is 27.8 Å². The molecule has 0 aliphatic carbocycles. The summed E-state index contributed by atoms with van der Waals surface area (Å²) in [6.07, 6.45) is 0. The third kappa shape index (κ3) is 4.89. The fraction of sp³-hybridized carbons (Fsp3) is 0.278. The average molecular weight is 378 g/mol. The minimum Gasteiger partial charge on any atom is -0.546 e. The number of carbonyl (C=O) groups is 1. The molecule has 0 saturated carbocycles. The van der Waals surface area contributed by atoms with Crippen LogP contribution in [0.1, 0.15) is 25.3 Å². The van der Waals surface area contributed by atoms with E-state index in [0.717, 1.165) is 5.56 Å². The van der Waals surface area contributed by atoms with Crippen LogP contribution in [0.3, 0.4) is 0 Å². The van der Waals surface area contributed by atoms with Gasteiger partial charge in [0, 0.05) is 5.69 Å². The monoisotopic (exact) mass is 378 g/mol. The van der Waals surface area contributed by atoms with Crippen molar-refractivity contribution in [3.05, 3.63) is 48.0 Å². The smallest absolute Gasteiger partial charge is 0.265 e. The molecule has 26 heavy (non-hydrogen) atoms. The molecule has 7 nitrogen and oxygen atoms in total. The van der Waals surface area contributed by atoms with Crippen LogP contribution in [0.15, 0.2) is 47.4 Å². The first-order valence-electron chi connectivity index (χ1n) is 7.86. The van der Waals surface area contributed by atoms with Crippen molar-refractivity contribution in [2.45, 2.75) is 24.7 Å². The number of ether oxygens (including phenoxy) is 2. The molecule has 0 atom stereocenters. The fourth-order valence-corrected chi connectivity index (χ4v) is 3.50. The molecule has 0 spiro atoms. The van der Waals surface area contributed by atoms with Crippen LogP contribution < -0.4 is 19.3 Å². The Morgan fingerprint density at radius 1 is 1.15 bits per heavy atom. The number of hydrogen-bond acceptors (Lipinski definition) is 6. The van der Waals surface area contributed by atoms with E-state index in [1.807, 2.05) is 19.9 Å². The number of aliphatic carboxylic acids is 1. The number of methoxy groups -OCH3 is 1. The lowest BCUT2D eigenvalue weighted by molar-refractivity contribution is -0.307. The van der Waals surface area contributed by atoms with Gasteiger partial charge in [-0.2, -0.15) is 0 Å². The predicted molar refractivity (Wildman–Crippen MR) is 94.8 cm³/mol. The molecule has 0 aromatic heterocycles. The molecular weight excluding hydrogens is 358 g/mol. The second-order valence-corrected chi connectivity index (χ2v) is 7.51. The maximum absolute atomic E-state index is 12.7. The summed E-state index contributed by atoms with van der Waals surface area (Å²) in [5.41, 5.74) is 1.18. The number of carbonyl (C=O) groups excluding carboxylic acids is 1. The van der Waals surface area contributed by atoms with Gasteiger partial charge in [-0.25, -0.2) is 8.42 Å². The quantitative estimate of drug-likeness (QED) is 0.750. The van der Waals surface area contributed by atoms with E-state index in [1.54, 1.807) is 12.1 Å². The second-order valence-electron chi connectivity index (χ2n) is 5.86. The lowest BCUT2D eigenvalue weighted by Gasteiger charge is -2.15. The number of hydrogen-bond donors (Lipinski definition) is 1. The molecule has 0 fully saturated rings. The van der Waals surface area contributed by atoms with Gasteiger partial charge < -0.3 is 19.4 Å². The summed E-state index contributed by atoms with van der Waals surface area (Å²) < 4.78 is 38.1. The number of carboxylic acid groups (broad SMARTS) is 1. The van der Waals surface area contributed by atoms with Gasteiger partial charge in [0.25, 0.3) is 10.0 Å². The zero-order valence-corrected chi connectivity index (χ0v) is 15.5. The normalized spacial score (nSPS) is 11.2. The number of rotatable bonds is 8. The summed E-state index contributed by atoms with van der Waals surface area (Å²) >= 11 is 0. The first kappa shape index (κ1) is 19.6. The van der Waals surface area contributed by atoms with Gasteiger partial charge in [0.2, 0.25) is 0 Å². The van der Waals surface area contributed by atoms with Crippen LogP contribution >= 0.6 is 0 Å². The molecule has 2 rings (SSSR count). The van der Waals surface area contributed by atoms with E-state index in [2.05, 4.69) is 4.72 Å². The van der Waals surface area contributed by atoms with E-state index < -0.39 is 22.6 Å². The van der Waals surface area contributed by atoms with E-state index in [-0.39, 0.29) is 22.3 Å². The molecule has 2 aromatic carbocycles. The Balaban J connectivity index is 2.25. The average Bonchev–Trinajstić information content (AvgIpc) is 2.60. The molecule has 0 heterocycles. The van der Waals surface area contributed by atoms with Gasteiger partial charge in [-0.05, 0) is 47.9 Å². The highest BCUT2D eigenvalue weighted by Crippen LogP contribution is 2.29. The Labute approximate surface area is 152 Å². The lowest BCUT2D eigenvalue weighted by Crippen LogP contribution is -2.28. The predicted octanol–water partition coefficient (Wildman–Crippen LogP) is 1.75. The van der Waals surface area contributed by atoms with E-state index in [0.29, 0.717) is 5.69 Å². The molecule has 0 saturated heterocycles. The Bertz CT molecular complexity index is 875. The number of nitrogens with one attached hydrogen (secondary N) is 1. The second kappa shape index (κ2) is 8.09. The minimum atomic E-state index is -3.87. The van der Waals surface area contributed by atoms with Crippen LogP contribution in [0.5, 0.6) is 11.5 Å². The zero-order valence-electron chi connectivity index (χ0n) is 14.7. The van der Waals surface area contributed by atoms with Crippen molar-refractivity contribution in [3.63, 3.8) is 0 Å². The van der Waals surface area contributed by atoms with E-state index in [1.165, 1.54) is 31.4 Å². The van der Waals surface area contributed by atoms with Crippen LogP contribution in [-0.4, -0.2) is 28.1 Å². The van der Waals surface area contributed by atoms with Crippen molar-refractivity contribution in [2.75, 3.05) is 18.4 Å². The summed E-state index contributed by atoms with van der Waals surface area (Å²) in [7, 11) is -2.46. The fourth-order valence-electron chi connectivity index (χ4n) is 2.23. The van der Waals surface area contributed by atoms with Gasteiger partial charge in [0.1, 0.15) is 23.0 Å². The van der Waals surface area contributed by atoms with Gasteiger partial charge in [0.05, 0.1) is 13.1 Å². The summed E-state index contributed by atoms with van der Waals surface area (Å²) in [6, 6.07) is 10.9. The van der Waals surface area contributed by atoms with Crippen LogP contribution in [0.2, 0.25) is 0 Å². The van der Waals surface area contributed by atoms with Crippen molar-refractivity contribution in [1.29, 1.82) is 0 Å². The van der Waals surface area contributed by atoms with Gasteiger partial charge in [-0.15, -0.1) is 0 Å². The van der Waals surface area contributed by atoms with Crippen LogP contribution in [0.25, 0.3) is 0 Å². The molecular formula is C18H20NO6S-. The minimum absolute atomic E-state index is 0.0449. The summed E-state index contributed by atoms with van der Waals surface area (Å²) in [5, 5.41) is 10.4. The van der Waals surface area contributed by atoms with E-state index in [9.17, 15) is 18.3 Å². The highest BCUT2D eigenvalue weighted by molar-refractivity contribution is 7.92. The van der Waals surface area contributed by atoms with Crippen LogP contribution in [-0.2, 0) is 14.8 Å². The van der Waals surface area contributed by atoms with Crippen molar-refractivity contribution in [3.8, 4) is 11.5 Å². The molecule has 140 valence electrons. The molecule has 0 radical (unpaired) electrons. The molecule has 1 N–H and O–H groups in total. The molecule has 2 aromatic rings. The molecule has 8 heteroatoms. The number of sulfonamides is 1. The van der Waals surface area contributed by atoms with E-state index in [4.69, 9.17) is 9.47 Å². The van der Waals surface area contributed by atoms with Crippen molar-refractivity contribution in [1.82, 2.24) is 0 Å². The SMILES string of the molecule is COc1ccc(C(C)C)cc1S(=O)(=O)Nc1ccc(OCC(=O)[O-])cc1. The molecule has 0 unspecified atom stereocenters. The summed E-state index contributed by atoms with van der Waals surface area (Å²) in [5.74, 6) is -0.644. The largest absolute Gasteiger partial charge is 0.546 e. The first-order valence-corrected chi connectivity index (χ1v) is 9.34. The van der Waals surface area contributed by atoms with Gasteiger partial charge in [0.15, 0.2) is 0 Å². The summed E-state index contributed by atoms with van der Waals surface area (Å²) in [4.78, 5) is 10.4. The van der Waals surface area contributed by atoms with Gasteiger partial charge in [-0.1, -0.05) is 19.9 Å². The van der Waals surface area contributed by atoms with E-state index >= 15 is 0 Å². The zero-order chi connectivity index (χ0) is 19.3. The van der Waals surface area contributed by atoms with Gasteiger partial charge >= 0.3 is 0 Å². The Morgan fingerprint density at radius 3 is 2.35 bits per heavy atom. The molecule has 0 bridgehead atoms. The highest BCUT2D eigenvalue weighted by Gasteiger charge is 2.21. The number of carboxylic acids is 1. The Kier molecular flexibility index (Phi) is 6.10. The Hall–Kier alpha value is -2.74. The molecule has 0 amide bonds. The Morgan fingerprint density at radius 2 is 1.81 bits per heavy atom. The van der Waals surface area contributed by atoms with Crippen molar-refractivity contribution in [2.24, 2.45) is 0 Å². The van der Waals surface area contributed by atoms with Gasteiger partial charge in [-0.3, -0.25) is 4.72 Å². The third-order valence-corrected chi connectivity index (χ3v) is 5.01. The standard InChI is InChI=1S/C18H21NO6S/c1-12(2)13-4-9-16(24-3)17(10-13)26(22,23)19-14-5-7-15(8-6-14)25-11-18(20)21/h4-10,12,19H,11H2,1-3H3,(H,20,21)/p-1. The van der Waals surface area contributed by atoms with Crippen LogP contribution in [0.4, 0.5) is 5.69 Å². The molecule has 0 aliphatic heterocycles. The maximum Gasteiger partial charge on any atom is 0.265 e. The van der Waals surface area contributed by atoms with Crippen LogP contribution in [0, 0.1) is 0 Å². The third-order valence-electron chi connectivity index (χ3n) is 3.61. The highest BCUT2D eigenvalue weighted by atomic mass is 32.2. The topological polar surface area (TPSA) is 105 Å². The lowest BCUT2D eigenvalue weighted by atomic mass is 10.0. The first-order chi connectivity index (χ1) is 12.2. The summed E-state index contributed by atoms with van der Waals surface area (Å²) in [6.45, 7) is 3.36. The maximum atomic E-state index is 12.7. The molecule has 0 aliphatic rings.